The molecule has 2 nitrogen and oxygen atoms in total. The molecular formula is C15H32N2. The molecule has 102 valence electrons. The first-order chi connectivity index (χ1) is 8.01. The molecule has 2 atom stereocenters. The summed E-state index contributed by atoms with van der Waals surface area (Å²) < 4.78 is 0. The fourth-order valence-corrected chi connectivity index (χ4v) is 2.69. The van der Waals surface area contributed by atoms with Crippen LogP contribution in [0, 0.1) is 5.92 Å². The van der Waals surface area contributed by atoms with Crippen LogP contribution in [0.25, 0.3) is 0 Å². The monoisotopic (exact) mass is 240 g/mol. The summed E-state index contributed by atoms with van der Waals surface area (Å²) in [4.78, 5) is 2.74. The van der Waals surface area contributed by atoms with Crippen LogP contribution in [0.2, 0.25) is 0 Å². The van der Waals surface area contributed by atoms with Gasteiger partial charge in [0.2, 0.25) is 0 Å². The largest absolute Gasteiger partial charge is 0.311 e. The summed E-state index contributed by atoms with van der Waals surface area (Å²) in [6, 6.07) is 0.715. The fourth-order valence-electron chi connectivity index (χ4n) is 2.69. The second-order valence-corrected chi connectivity index (χ2v) is 6.35. The zero-order valence-corrected chi connectivity index (χ0v) is 12.6. The van der Waals surface area contributed by atoms with Crippen LogP contribution >= 0.6 is 0 Å². The van der Waals surface area contributed by atoms with Gasteiger partial charge in [-0.2, -0.15) is 0 Å². The Morgan fingerprint density at radius 2 is 2.06 bits per heavy atom. The standard InChI is InChI=1S/C15H32N2/c1-6-8-14-11-17(10-9-13(3)4)15(5,7-2)12-16-14/h13-14,16H,6-12H2,1-5H3. The lowest BCUT2D eigenvalue weighted by Gasteiger charge is -2.48. The number of rotatable bonds is 6. The highest BCUT2D eigenvalue weighted by Crippen LogP contribution is 2.24. The van der Waals surface area contributed by atoms with Crippen molar-refractivity contribution >= 4 is 0 Å². The third kappa shape index (κ3) is 4.26. The highest BCUT2D eigenvalue weighted by Gasteiger charge is 2.35. The molecular weight excluding hydrogens is 208 g/mol. The minimum atomic E-state index is 0.374. The molecule has 1 rings (SSSR count). The molecule has 0 aromatic heterocycles. The molecule has 2 heteroatoms. The molecule has 0 spiro atoms. The van der Waals surface area contributed by atoms with Crippen molar-refractivity contribution in [2.75, 3.05) is 19.6 Å². The number of hydrogen-bond acceptors (Lipinski definition) is 2. The van der Waals surface area contributed by atoms with Crippen molar-refractivity contribution in [1.29, 1.82) is 0 Å². The molecule has 0 aliphatic carbocycles. The lowest BCUT2D eigenvalue weighted by Crippen LogP contribution is -2.63. The summed E-state index contributed by atoms with van der Waals surface area (Å²) in [7, 11) is 0. The molecule has 1 N–H and O–H groups in total. The first-order valence-electron chi connectivity index (χ1n) is 7.50. The van der Waals surface area contributed by atoms with Gasteiger partial charge in [0.25, 0.3) is 0 Å². The SMILES string of the molecule is CCCC1CN(CCC(C)C)C(C)(CC)CN1. The van der Waals surface area contributed by atoms with E-state index in [4.69, 9.17) is 0 Å². The molecule has 1 fully saturated rings. The van der Waals surface area contributed by atoms with Crippen molar-refractivity contribution in [3.05, 3.63) is 0 Å². The summed E-state index contributed by atoms with van der Waals surface area (Å²) in [6.07, 6.45) is 5.18. The van der Waals surface area contributed by atoms with Gasteiger partial charge in [-0.25, -0.2) is 0 Å². The smallest absolute Gasteiger partial charge is 0.0303 e. The minimum absolute atomic E-state index is 0.374. The molecule has 0 aromatic rings. The van der Waals surface area contributed by atoms with Gasteiger partial charge in [-0.3, -0.25) is 4.90 Å². The molecule has 0 bridgehead atoms. The maximum absolute atomic E-state index is 3.74. The Kier molecular flexibility index (Phi) is 5.94. The number of nitrogens with one attached hydrogen (secondary N) is 1. The Morgan fingerprint density at radius 3 is 2.59 bits per heavy atom. The van der Waals surface area contributed by atoms with Crippen molar-refractivity contribution < 1.29 is 0 Å². The lowest BCUT2D eigenvalue weighted by atomic mass is 9.90. The quantitative estimate of drug-likeness (QED) is 0.766. The highest BCUT2D eigenvalue weighted by molar-refractivity contribution is 4.94. The van der Waals surface area contributed by atoms with Gasteiger partial charge in [0.1, 0.15) is 0 Å². The summed E-state index contributed by atoms with van der Waals surface area (Å²) in [5, 5.41) is 3.74. The predicted octanol–water partition coefficient (Wildman–Crippen LogP) is 3.28. The lowest BCUT2D eigenvalue weighted by molar-refractivity contribution is 0.0431. The van der Waals surface area contributed by atoms with Crippen LogP contribution in [-0.2, 0) is 0 Å². The van der Waals surface area contributed by atoms with Gasteiger partial charge >= 0.3 is 0 Å². The van der Waals surface area contributed by atoms with Crippen LogP contribution in [0.15, 0.2) is 0 Å². The van der Waals surface area contributed by atoms with Gasteiger partial charge < -0.3 is 5.32 Å². The van der Waals surface area contributed by atoms with E-state index in [1.54, 1.807) is 0 Å². The molecule has 0 amide bonds. The zero-order valence-electron chi connectivity index (χ0n) is 12.6. The van der Waals surface area contributed by atoms with Gasteiger partial charge in [0.15, 0.2) is 0 Å². The molecule has 0 aromatic carbocycles. The van der Waals surface area contributed by atoms with Crippen molar-refractivity contribution in [1.82, 2.24) is 10.2 Å². The van der Waals surface area contributed by atoms with E-state index in [0.717, 1.165) is 12.5 Å². The van der Waals surface area contributed by atoms with E-state index in [1.807, 2.05) is 0 Å². The first-order valence-corrected chi connectivity index (χ1v) is 7.50. The second-order valence-electron chi connectivity index (χ2n) is 6.35. The van der Waals surface area contributed by atoms with E-state index in [2.05, 4.69) is 44.8 Å². The van der Waals surface area contributed by atoms with E-state index in [1.165, 1.54) is 38.8 Å². The molecule has 0 radical (unpaired) electrons. The summed E-state index contributed by atoms with van der Waals surface area (Å²) >= 11 is 0. The average molecular weight is 240 g/mol. The van der Waals surface area contributed by atoms with E-state index in [0.29, 0.717) is 11.6 Å². The van der Waals surface area contributed by atoms with Crippen LogP contribution in [0.3, 0.4) is 0 Å². The molecule has 1 saturated heterocycles. The molecule has 17 heavy (non-hydrogen) atoms. The Labute approximate surface area is 108 Å². The minimum Gasteiger partial charge on any atom is -0.311 e. The van der Waals surface area contributed by atoms with Crippen molar-refractivity contribution in [2.45, 2.75) is 71.9 Å². The Bertz CT molecular complexity index is 215. The molecule has 2 unspecified atom stereocenters. The highest BCUT2D eigenvalue weighted by atomic mass is 15.3. The third-order valence-corrected chi connectivity index (χ3v) is 4.35. The third-order valence-electron chi connectivity index (χ3n) is 4.35. The van der Waals surface area contributed by atoms with Gasteiger partial charge in [-0.15, -0.1) is 0 Å². The number of nitrogens with zero attached hydrogens (tertiary/aromatic N) is 1. The van der Waals surface area contributed by atoms with Gasteiger partial charge in [0, 0.05) is 24.7 Å². The Balaban J connectivity index is 2.56. The van der Waals surface area contributed by atoms with Crippen LogP contribution in [0.4, 0.5) is 0 Å². The number of hydrogen-bond donors (Lipinski definition) is 1. The van der Waals surface area contributed by atoms with Crippen molar-refractivity contribution in [3.63, 3.8) is 0 Å². The van der Waals surface area contributed by atoms with E-state index >= 15 is 0 Å². The maximum atomic E-state index is 3.74. The molecule has 1 heterocycles. The predicted molar refractivity (Wildman–Crippen MR) is 76.4 cm³/mol. The first kappa shape index (κ1) is 15.0. The van der Waals surface area contributed by atoms with Gasteiger partial charge in [-0.05, 0) is 38.6 Å². The molecule has 0 saturated carbocycles. The van der Waals surface area contributed by atoms with E-state index in [-0.39, 0.29) is 0 Å². The van der Waals surface area contributed by atoms with Gasteiger partial charge in [0.05, 0.1) is 0 Å². The Hall–Kier alpha value is -0.0800. The average Bonchev–Trinajstić information content (AvgIpc) is 2.30. The molecule has 1 aliphatic heterocycles. The summed E-state index contributed by atoms with van der Waals surface area (Å²) in [5.74, 6) is 0.815. The van der Waals surface area contributed by atoms with Crippen LogP contribution in [0.1, 0.15) is 60.3 Å². The van der Waals surface area contributed by atoms with Crippen molar-refractivity contribution in [2.24, 2.45) is 5.92 Å². The molecule has 1 aliphatic rings. The van der Waals surface area contributed by atoms with Crippen LogP contribution in [-0.4, -0.2) is 36.1 Å². The summed E-state index contributed by atoms with van der Waals surface area (Å²) in [6.45, 7) is 15.4. The van der Waals surface area contributed by atoms with Crippen LogP contribution in [0.5, 0.6) is 0 Å². The summed E-state index contributed by atoms with van der Waals surface area (Å²) in [5.41, 5.74) is 0.374. The van der Waals surface area contributed by atoms with E-state index in [9.17, 15) is 0 Å². The van der Waals surface area contributed by atoms with Crippen LogP contribution < -0.4 is 5.32 Å². The fraction of sp³-hybridized carbons (Fsp3) is 1.00. The van der Waals surface area contributed by atoms with Crippen molar-refractivity contribution in [3.8, 4) is 0 Å². The van der Waals surface area contributed by atoms with Gasteiger partial charge in [-0.1, -0.05) is 34.1 Å². The Morgan fingerprint density at radius 1 is 1.35 bits per heavy atom. The zero-order chi connectivity index (χ0) is 12.9. The number of piperazine rings is 1. The normalized spacial score (nSPS) is 31.1. The maximum Gasteiger partial charge on any atom is 0.0303 e. The topological polar surface area (TPSA) is 15.3 Å². The second kappa shape index (κ2) is 6.75. The van der Waals surface area contributed by atoms with E-state index < -0.39 is 0 Å².